The van der Waals surface area contributed by atoms with Gasteiger partial charge in [-0.2, -0.15) is 0 Å². The first-order valence-corrected chi connectivity index (χ1v) is 8.16. The molecular formula is C21H19NO4. The number of nitro benzene ring substituents is 1. The third-order valence-corrected chi connectivity index (χ3v) is 4.13. The second-order valence-electron chi connectivity index (χ2n) is 6.00. The number of nitrogens with zero attached hydrogens (tertiary/aromatic N) is 1. The van der Waals surface area contributed by atoms with Gasteiger partial charge in [0, 0.05) is 17.7 Å². The molecule has 0 spiro atoms. The van der Waals surface area contributed by atoms with Crippen molar-refractivity contribution < 1.29 is 14.4 Å². The van der Waals surface area contributed by atoms with Gasteiger partial charge in [-0.05, 0) is 48.7 Å². The summed E-state index contributed by atoms with van der Waals surface area (Å²) in [5.41, 5.74) is 3.43. The Morgan fingerprint density at radius 2 is 1.58 bits per heavy atom. The molecule has 26 heavy (non-hydrogen) atoms. The van der Waals surface area contributed by atoms with Crippen LogP contribution in [0.5, 0.6) is 17.2 Å². The van der Waals surface area contributed by atoms with Crippen LogP contribution in [0.4, 0.5) is 5.69 Å². The third kappa shape index (κ3) is 3.52. The van der Waals surface area contributed by atoms with E-state index in [1.165, 1.54) is 12.1 Å². The molecular weight excluding hydrogens is 330 g/mol. The fourth-order valence-electron chi connectivity index (χ4n) is 2.91. The number of ether oxygens (including phenoxy) is 2. The third-order valence-electron chi connectivity index (χ3n) is 4.13. The van der Waals surface area contributed by atoms with Crippen LogP contribution in [0.3, 0.4) is 0 Å². The first-order valence-electron chi connectivity index (χ1n) is 8.16. The molecule has 5 heteroatoms. The lowest BCUT2D eigenvalue weighted by atomic mass is 10.0. The summed E-state index contributed by atoms with van der Waals surface area (Å²) in [7, 11) is 1.63. The summed E-state index contributed by atoms with van der Waals surface area (Å²) in [4.78, 5) is 10.6. The average molecular weight is 349 g/mol. The highest BCUT2D eigenvalue weighted by Crippen LogP contribution is 2.37. The molecule has 0 amide bonds. The maximum absolute atomic E-state index is 11.0. The zero-order chi connectivity index (χ0) is 18.7. The second-order valence-corrected chi connectivity index (χ2v) is 6.00. The lowest BCUT2D eigenvalue weighted by Crippen LogP contribution is -1.96. The average Bonchev–Trinajstić information content (AvgIpc) is 2.65. The molecule has 0 N–H and O–H groups in total. The molecule has 3 aromatic rings. The molecule has 0 saturated heterocycles. The van der Waals surface area contributed by atoms with Crippen molar-refractivity contribution in [1.29, 1.82) is 0 Å². The van der Waals surface area contributed by atoms with Crippen LogP contribution in [-0.2, 0) is 0 Å². The Hall–Kier alpha value is -3.34. The van der Waals surface area contributed by atoms with Crippen molar-refractivity contribution in [2.24, 2.45) is 0 Å². The van der Waals surface area contributed by atoms with Crippen LogP contribution >= 0.6 is 0 Å². The van der Waals surface area contributed by atoms with E-state index in [0.717, 1.165) is 16.9 Å². The summed E-state index contributed by atoms with van der Waals surface area (Å²) < 4.78 is 11.5. The number of aryl methyl sites for hydroxylation is 2. The van der Waals surface area contributed by atoms with Crippen LogP contribution in [0.15, 0.2) is 60.7 Å². The van der Waals surface area contributed by atoms with Gasteiger partial charge in [-0.25, -0.2) is 0 Å². The predicted molar refractivity (Wildman–Crippen MR) is 101 cm³/mol. The molecule has 0 aliphatic carbocycles. The van der Waals surface area contributed by atoms with E-state index in [0.29, 0.717) is 22.6 Å². The van der Waals surface area contributed by atoms with Crippen molar-refractivity contribution in [1.82, 2.24) is 0 Å². The van der Waals surface area contributed by atoms with Crippen LogP contribution in [0.2, 0.25) is 0 Å². The van der Waals surface area contributed by atoms with Crippen molar-refractivity contribution in [2.75, 3.05) is 7.11 Å². The minimum Gasteiger partial charge on any atom is -0.496 e. The van der Waals surface area contributed by atoms with Gasteiger partial charge >= 0.3 is 0 Å². The van der Waals surface area contributed by atoms with E-state index in [4.69, 9.17) is 9.47 Å². The highest BCUT2D eigenvalue weighted by molar-refractivity contribution is 5.72. The summed E-state index contributed by atoms with van der Waals surface area (Å²) >= 11 is 0. The first-order chi connectivity index (χ1) is 12.5. The Balaban J connectivity index is 2.00. The molecule has 0 aliphatic rings. The Kier molecular flexibility index (Phi) is 4.89. The summed E-state index contributed by atoms with van der Waals surface area (Å²) in [6.07, 6.45) is 0. The Labute approximate surface area is 152 Å². The molecule has 0 aliphatic heterocycles. The lowest BCUT2D eigenvalue weighted by molar-refractivity contribution is -0.385. The van der Waals surface area contributed by atoms with Gasteiger partial charge in [0.1, 0.15) is 17.2 Å². The molecule has 0 bridgehead atoms. The smallest absolute Gasteiger partial charge is 0.270 e. The standard InChI is InChI=1S/C21H19NO4/c1-14-11-17(22(23)24)12-15(2)21(14)26-18-9-10-20(25-3)19(13-18)16-7-5-4-6-8-16/h4-13H,1-3H3. The zero-order valence-corrected chi connectivity index (χ0v) is 14.9. The number of methoxy groups -OCH3 is 1. The molecule has 0 saturated carbocycles. The van der Waals surface area contributed by atoms with Gasteiger partial charge in [0.2, 0.25) is 0 Å². The van der Waals surface area contributed by atoms with Crippen molar-refractivity contribution in [3.63, 3.8) is 0 Å². The maximum atomic E-state index is 11.0. The summed E-state index contributed by atoms with van der Waals surface area (Å²) in [5.74, 6) is 2.02. The topological polar surface area (TPSA) is 61.6 Å². The largest absolute Gasteiger partial charge is 0.496 e. The molecule has 5 nitrogen and oxygen atoms in total. The quantitative estimate of drug-likeness (QED) is 0.439. The number of non-ortho nitro benzene ring substituents is 1. The Morgan fingerprint density at radius 1 is 0.923 bits per heavy atom. The summed E-state index contributed by atoms with van der Waals surface area (Å²) in [6.45, 7) is 3.61. The van der Waals surface area contributed by atoms with E-state index in [1.807, 2.05) is 48.5 Å². The van der Waals surface area contributed by atoms with Crippen molar-refractivity contribution >= 4 is 5.69 Å². The minimum atomic E-state index is -0.398. The number of nitro groups is 1. The predicted octanol–water partition coefficient (Wildman–Crippen LogP) is 5.68. The van der Waals surface area contributed by atoms with Crippen molar-refractivity contribution in [3.8, 4) is 28.4 Å². The SMILES string of the molecule is COc1ccc(Oc2c(C)cc([N+](=O)[O-])cc2C)cc1-c1ccccc1. The van der Waals surface area contributed by atoms with Gasteiger partial charge in [-0.3, -0.25) is 10.1 Å². The van der Waals surface area contributed by atoms with Crippen molar-refractivity contribution in [2.45, 2.75) is 13.8 Å². The van der Waals surface area contributed by atoms with E-state index in [9.17, 15) is 10.1 Å². The number of benzene rings is 3. The molecule has 0 atom stereocenters. The number of hydrogen-bond donors (Lipinski definition) is 0. The molecule has 0 aromatic heterocycles. The van der Waals surface area contributed by atoms with Gasteiger partial charge < -0.3 is 9.47 Å². The van der Waals surface area contributed by atoms with Gasteiger partial charge in [0.05, 0.1) is 12.0 Å². The van der Waals surface area contributed by atoms with E-state index < -0.39 is 4.92 Å². The minimum absolute atomic E-state index is 0.0621. The van der Waals surface area contributed by atoms with Crippen LogP contribution in [-0.4, -0.2) is 12.0 Å². The normalized spacial score (nSPS) is 10.4. The van der Waals surface area contributed by atoms with Crippen LogP contribution in [0.25, 0.3) is 11.1 Å². The van der Waals surface area contributed by atoms with Gasteiger partial charge in [0.15, 0.2) is 0 Å². The van der Waals surface area contributed by atoms with Crippen LogP contribution in [0.1, 0.15) is 11.1 Å². The second kappa shape index (κ2) is 7.27. The zero-order valence-electron chi connectivity index (χ0n) is 14.9. The van der Waals surface area contributed by atoms with Crippen LogP contribution in [0, 0.1) is 24.0 Å². The van der Waals surface area contributed by atoms with Crippen molar-refractivity contribution in [3.05, 3.63) is 81.9 Å². The highest BCUT2D eigenvalue weighted by Gasteiger charge is 2.15. The summed E-state index contributed by atoms with van der Waals surface area (Å²) in [6, 6.07) is 18.5. The number of hydrogen-bond acceptors (Lipinski definition) is 4. The fraction of sp³-hybridized carbons (Fsp3) is 0.143. The first kappa shape index (κ1) is 17.5. The van der Waals surface area contributed by atoms with Gasteiger partial charge in [-0.15, -0.1) is 0 Å². The molecule has 0 radical (unpaired) electrons. The fourth-order valence-corrected chi connectivity index (χ4v) is 2.91. The van der Waals surface area contributed by atoms with Gasteiger partial charge in [-0.1, -0.05) is 30.3 Å². The number of rotatable bonds is 5. The molecule has 0 heterocycles. The Morgan fingerprint density at radius 3 is 2.15 bits per heavy atom. The van der Waals surface area contributed by atoms with Crippen LogP contribution < -0.4 is 9.47 Å². The van der Waals surface area contributed by atoms with Gasteiger partial charge in [0.25, 0.3) is 5.69 Å². The highest BCUT2D eigenvalue weighted by atomic mass is 16.6. The molecule has 3 aromatic carbocycles. The molecule has 3 rings (SSSR count). The molecule has 0 unspecified atom stereocenters. The lowest BCUT2D eigenvalue weighted by Gasteiger charge is -2.14. The molecule has 132 valence electrons. The summed E-state index contributed by atoms with van der Waals surface area (Å²) in [5, 5.41) is 11.0. The van der Waals surface area contributed by atoms with E-state index in [1.54, 1.807) is 21.0 Å². The van der Waals surface area contributed by atoms with E-state index >= 15 is 0 Å². The van der Waals surface area contributed by atoms with E-state index in [-0.39, 0.29) is 5.69 Å². The Bertz CT molecular complexity index is 928. The molecule has 0 fully saturated rings. The maximum Gasteiger partial charge on any atom is 0.270 e. The van der Waals surface area contributed by atoms with E-state index in [2.05, 4.69) is 0 Å². The monoisotopic (exact) mass is 349 g/mol.